The number of nitrogens with zero attached hydrogens (tertiary/aromatic N) is 1. The maximum atomic E-state index is 12.3. The van der Waals surface area contributed by atoms with Crippen LogP contribution in [0.2, 0.25) is 0 Å². The number of anilines is 1. The summed E-state index contributed by atoms with van der Waals surface area (Å²) in [5.41, 5.74) is 6.70. The summed E-state index contributed by atoms with van der Waals surface area (Å²) in [4.78, 5) is 25.2. The van der Waals surface area contributed by atoms with Crippen LogP contribution in [0.25, 0.3) is 0 Å². The summed E-state index contributed by atoms with van der Waals surface area (Å²) in [6.07, 6.45) is 0. The molecule has 0 radical (unpaired) electrons. The molecule has 0 saturated heterocycles. The lowest BCUT2D eigenvalue weighted by atomic mass is 10.1. The molecule has 2 amide bonds. The summed E-state index contributed by atoms with van der Waals surface area (Å²) in [6, 6.07) is 5.07. The van der Waals surface area contributed by atoms with Gasteiger partial charge in [-0.25, -0.2) is 0 Å². The van der Waals surface area contributed by atoms with Crippen LogP contribution >= 0.6 is 15.9 Å². The van der Waals surface area contributed by atoms with Crippen LogP contribution in [0.15, 0.2) is 22.7 Å². The molecule has 0 fully saturated rings. The summed E-state index contributed by atoms with van der Waals surface area (Å²) in [5.74, 6) is -0.528. The Balaban J connectivity index is 2.82. The summed E-state index contributed by atoms with van der Waals surface area (Å²) in [5, 5.41) is 2.56. The summed E-state index contributed by atoms with van der Waals surface area (Å²) < 4.78 is 0.686. The normalized spacial score (nSPS) is 11.8. The molecular formula is C13H18BrN3O2. The van der Waals surface area contributed by atoms with Crippen molar-refractivity contribution in [1.82, 2.24) is 10.2 Å². The molecular weight excluding hydrogens is 310 g/mol. The third-order valence-corrected chi connectivity index (χ3v) is 3.50. The second kappa shape index (κ2) is 6.56. The first-order valence-corrected chi connectivity index (χ1v) is 6.68. The van der Waals surface area contributed by atoms with Crippen LogP contribution in [0.5, 0.6) is 0 Å². The van der Waals surface area contributed by atoms with Crippen LogP contribution in [-0.4, -0.2) is 37.4 Å². The molecule has 19 heavy (non-hydrogen) atoms. The van der Waals surface area contributed by atoms with Gasteiger partial charge < -0.3 is 16.0 Å². The average Bonchev–Trinajstić information content (AvgIpc) is 2.39. The van der Waals surface area contributed by atoms with E-state index in [1.54, 1.807) is 39.2 Å². The Morgan fingerprint density at radius 3 is 2.68 bits per heavy atom. The van der Waals surface area contributed by atoms with Crippen LogP contribution in [0, 0.1) is 5.92 Å². The second-order valence-corrected chi connectivity index (χ2v) is 5.29. The molecule has 0 heterocycles. The molecule has 6 heteroatoms. The molecule has 0 aliphatic rings. The van der Waals surface area contributed by atoms with Crippen LogP contribution in [0.3, 0.4) is 0 Å². The van der Waals surface area contributed by atoms with Gasteiger partial charge in [-0.2, -0.15) is 0 Å². The average molecular weight is 328 g/mol. The number of carbonyl (C=O) groups is 2. The van der Waals surface area contributed by atoms with Crippen molar-refractivity contribution in [1.29, 1.82) is 0 Å². The minimum absolute atomic E-state index is 0.0914. The number of hydrogen-bond donors (Lipinski definition) is 2. The lowest BCUT2D eigenvalue weighted by Crippen LogP contribution is -2.37. The minimum Gasteiger partial charge on any atom is -0.399 e. The Hall–Kier alpha value is -1.56. The zero-order chi connectivity index (χ0) is 14.6. The number of nitrogens with two attached hydrogens (primary N) is 1. The largest absolute Gasteiger partial charge is 0.399 e. The van der Waals surface area contributed by atoms with Gasteiger partial charge in [0.1, 0.15) is 0 Å². The van der Waals surface area contributed by atoms with E-state index in [0.29, 0.717) is 22.3 Å². The summed E-state index contributed by atoms with van der Waals surface area (Å²) in [7, 11) is 3.24. The zero-order valence-electron chi connectivity index (χ0n) is 11.2. The Morgan fingerprint density at radius 1 is 1.47 bits per heavy atom. The van der Waals surface area contributed by atoms with Gasteiger partial charge in [-0.3, -0.25) is 9.59 Å². The first-order valence-electron chi connectivity index (χ1n) is 5.89. The number of halogens is 1. The van der Waals surface area contributed by atoms with Gasteiger partial charge >= 0.3 is 0 Å². The highest BCUT2D eigenvalue weighted by Crippen LogP contribution is 2.21. The van der Waals surface area contributed by atoms with Gasteiger partial charge in [-0.05, 0) is 34.1 Å². The third kappa shape index (κ3) is 3.96. The molecule has 1 unspecified atom stereocenters. The molecule has 0 aromatic heterocycles. The maximum absolute atomic E-state index is 12.3. The van der Waals surface area contributed by atoms with Crippen molar-refractivity contribution in [2.24, 2.45) is 5.92 Å². The number of amides is 2. The van der Waals surface area contributed by atoms with E-state index >= 15 is 0 Å². The number of rotatable bonds is 4. The fraction of sp³-hybridized carbons (Fsp3) is 0.385. The van der Waals surface area contributed by atoms with Gasteiger partial charge in [0, 0.05) is 30.8 Å². The molecule has 0 aliphatic heterocycles. The topological polar surface area (TPSA) is 75.4 Å². The van der Waals surface area contributed by atoms with E-state index in [9.17, 15) is 9.59 Å². The number of nitrogens with one attached hydrogen (secondary N) is 1. The van der Waals surface area contributed by atoms with Crippen LogP contribution in [0.4, 0.5) is 5.69 Å². The lowest BCUT2D eigenvalue weighted by Gasteiger charge is -2.21. The SMILES string of the molecule is CNC(=O)C(C)CN(C)C(=O)c1cc(N)ccc1Br. The van der Waals surface area contributed by atoms with E-state index in [1.807, 2.05) is 0 Å². The molecule has 0 spiro atoms. The molecule has 104 valence electrons. The van der Waals surface area contributed by atoms with E-state index in [2.05, 4.69) is 21.2 Å². The Labute approximate surface area is 121 Å². The fourth-order valence-corrected chi connectivity index (χ4v) is 2.15. The minimum atomic E-state index is -0.265. The van der Waals surface area contributed by atoms with Crippen LogP contribution < -0.4 is 11.1 Å². The molecule has 3 N–H and O–H groups in total. The number of nitrogen functional groups attached to an aromatic ring is 1. The molecule has 1 aromatic rings. The van der Waals surface area contributed by atoms with Gasteiger partial charge in [-0.1, -0.05) is 6.92 Å². The van der Waals surface area contributed by atoms with Gasteiger partial charge in [0.05, 0.1) is 11.5 Å². The molecule has 1 aromatic carbocycles. The van der Waals surface area contributed by atoms with Crippen LogP contribution in [-0.2, 0) is 4.79 Å². The fourth-order valence-electron chi connectivity index (χ4n) is 1.74. The van der Waals surface area contributed by atoms with Crippen molar-refractivity contribution < 1.29 is 9.59 Å². The zero-order valence-corrected chi connectivity index (χ0v) is 12.8. The Bertz CT molecular complexity index is 491. The molecule has 0 aliphatic carbocycles. The highest BCUT2D eigenvalue weighted by molar-refractivity contribution is 9.10. The van der Waals surface area contributed by atoms with E-state index in [-0.39, 0.29) is 17.7 Å². The molecule has 0 bridgehead atoms. The van der Waals surface area contributed by atoms with Crippen molar-refractivity contribution >= 4 is 33.4 Å². The van der Waals surface area contributed by atoms with Crippen LogP contribution in [0.1, 0.15) is 17.3 Å². The van der Waals surface area contributed by atoms with Crippen molar-refractivity contribution in [3.63, 3.8) is 0 Å². The summed E-state index contributed by atoms with van der Waals surface area (Å²) in [6.45, 7) is 2.12. The van der Waals surface area contributed by atoms with E-state index in [1.165, 1.54) is 4.90 Å². The highest BCUT2D eigenvalue weighted by Gasteiger charge is 2.20. The van der Waals surface area contributed by atoms with Gasteiger partial charge in [0.15, 0.2) is 0 Å². The van der Waals surface area contributed by atoms with Crippen molar-refractivity contribution in [2.45, 2.75) is 6.92 Å². The lowest BCUT2D eigenvalue weighted by molar-refractivity contribution is -0.124. The quantitative estimate of drug-likeness (QED) is 0.822. The number of benzene rings is 1. The predicted molar refractivity (Wildman–Crippen MR) is 78.7 cm³/mol. The second-order valence-electron chi connectivity index (χ2n) is 4.44. The van der Waals surface area contributed by atoms with Gasteiger partial charge in [0.2, 0.25) is 5.91 Å². The Kier molecular flexibility index (Phi) is 5.35. The van der Waals surface area contributed by atoms with Crippen molar-refractivity contribution in [3.8, 4) is 0 Å². The van der Waals surface area contributed by atoms with Gasteiger partial charge in [-0.15, -0.1) is 0 Å². The first kappa shape index (κ1) is 15.5. The first-order chi connectivity index (χ1) is 8.86. The summed E-state index contributed by atoms with van der Waals surface area (Å²) >= 11 is 3.33. The smallest absolute Gasteiger partial charge is 0.254 e. The van der Waals surface area contributed by atoms with E-state index < -0.39 is 0 Å². The van der Waals surface area contributed by atoms with E-state index in [4.69, 9.17) is 5.73 Å². The monoisotopic (exact) mass is 327 g/mol. The molecule has 5 nitrogen and oxygen atoms in total. The Morgan fingerprint density at radius 2 is 2.11 bits per heavy atom. The van der Waals surface area contributed by atoms with Crippen molar-refractivity contribution in [3.05, 3.63) is 28.2 Å². The highest BCUT2D eigenvalue weighted by atomic mass is 79.9. The standard InChI is InChI=1S/C13H18BrN3O2/c1-8(12(18)16-2)7-17(3)13(19)10-6-9(15)4-5-11(10)14/h4-6,8H,7,15H2,1-3H3,(H,16,18). The third-order valence-electron chi connectivity index (χ3n) is 2.81. The maximum Gasteiger partial charge on any atom is 0.254 e. The number of carbonyl (C=O) groups excluding carboxylic acids is 2. The molecule has 1 rings (SSSR count). The molecule has 0 saturated carbocycles. The number of hydrogen-bond acceptors (Lipinski definition) is 3. The van der Waals surface area contributed by atoms with Gasteiger partial charge in [0.25, 0.3) is 5.91 Å². The predicted octanol–water partition coefficient (Wildman–Crippen LogP) is 1.49. The van der Waals surface area contributed by atoms with E-state index in [0.717, 1.165) is 0 Å². The van der Waals surface area contributed by atoms with Crippen molar-refractivity contribution in [2.75, 3.05) is 26.4 Å². The molecule has 1 atom stereocenters.